The fourth-order valence-corrected chi connectivity index (χ4v) is 4.72. The molecule has 0 aromatic heterocycles. The number of hydrogen-bond donors (Lipinski definition) is 2. The van der Waals surface area contributed by atoms with Crippen LogP contribution in [0.3, 0.4) is 0 Å². The van der Waals surface area contributed by atoms with Crippen LogP contribution in [-0.2, 0) is 0 Å². The molecule has 4 aromatic carbocycles. The average molecular weight is 476 g/mol. The molecule has 1 saturated heterocycles. The molecular weight excluding hydrogens is 453 g/mol. The van der Waals surface area contributed by atoms with E-state index >= 15 is 0 Å². The molecule has 0 atom stereocenters. The van der Waals surface area contributed by atoms with Crippen molar-refractivity contribution < 1.29 is 4.79 Å². The summed E-state index contributed by atoms with van der Waals surface area (Å²) >= 11 is 12.7. The van der Waals surface area contributed by atoms with E-state index in [9.17, 15) is 4.79 Å². The summed E-state index contributed by atoms with van der Waals surface area (Å²) in [5.41, 5.74) is 4.12. The van der Waals surface area contributed by atoms with E-state index in [1.807, 2.05) is 60.7 Å². The van der Waals surface area contributed by atoms with E-state index in [2.05, 4.69) is 21.6 Å². The minimum absolute atomic E-state index is 0.141. The van der Waals surface area contributed by atoms with Crippen LogP contribution in [0.15, 0.2) is 78.9 Å². The summed E-state index contributed by atoms with van der Waals surface area (Å²) in [6.07, 6.45) is 0. The quantitative estimate of drug-likeness (QED) is 0.355. The number of benzene rings is 4. The molecule has 166 valence electrons. The Morgan fingerprint density at radius 1 is 0.879 bits per heavy atom. The minimum Gasteiger partial charge on any atom is -0.367 e. The Morgan fingerprint density at radius 2 is 1.67 bits per heavy atom. The number of rotatable bonds is 4. The zero-order valence-corrected chi connectivity index (χ0v) is 19.5. The molecular formula is C27H23Cl2N3O. The van der Waals surface area contributed by atoms with E-state index in [0.29, 0.717) is 15.6 Å². The van der Waals surface area contributed by atoms with Crippen molar-refractivity contribution in [2.45, 2.75) is 0 Å². The van der Waals surface area contributed by atoms with Crippen LogP contribution in [0.4, 0.5) is 11.4 Å². The third kappa shape index (κ3) is 4.55. The highest BCUT2D eigenvalue weighted by Crippen LogP contribution is 2.36. The van der Waals surface area contributed by atoms with Crippen molar-refractivity contribution in [2.24, 2.45) is 0 Å². The SMILES string of the molecule is O=C(Nc1cc(-c2cc(Cl)ccc2Cl)ccc1N1CCNCC1)c1cccc2ccccc12. The Labute approximate surface area is 203 Å². The smallest absolute Gasteiger partial charge is 0.256 e. The van der Waals surface area contributed by atoms with Gasteiger partial charge in [-0.05, 0) is 52.7 Å². The minimum atomic E-state index is -0.141. The Hall–Kier alpha value is -3.05. The molecule has 0 bridgehead atoms. The van der Waals surface area contributed by atoms with Crippen LogP contribution in [-0.4, -0.2) is 32.1 Å². The van der Waals surface area contributed by atoms with Gasteiger partial charge in [-0.25, -0.2) is 0 Å². The molecule has 5 rings (SSSR count). The van der Waals surface area contributed by atoms with Gasteiger partial charge in [0.1, 0.15) is 0 Å². The predicted molar refractivity (Wildman–Crippen MR) is 139 cm³/mol. The molecule has 33 heavy (non-hydrogen) atoms. The van der Waals surface area contributed by atoms with Crippen LogP contribution in [0.25, 0.3) is 21.9 Å². The fourth-order valence-electron chi connectivity index (χ4n) is 4.32. The maximum atomic E-state index is 13.4. The topological polar surface area (TPSA) is 44.4 Å². The van der Waals surface area contributed by atoms with Crippen molar-refractivity contribution in [2.75, 3.05) is 36.4 Å². The Balaban J connectivity index is 1.57. The molecule has 0 aliphatic carbocycles. The highest BCUT2D eigenvalue weighted by Gasteiger charge is 2.19. The second-order valence-electron chi connectivity index (χ2n) is 8.07. The van der Waals surface area contributed by atoms with Crippen molar-refractivity contribution >= 4 is 51.3 Å². The average Bonchev–Trinajstić information content (AvgIpc) is 2.85. The first-order valence-corrected chi connectivity index (χ1v) is 11.7. The van der Waals surface area contributed by atoms with E-state index in [1.165, 1.54) is 0 Å². The van der Waals surface area contributed by atoms with Gasteiger partial charge < -0.3 is 15.5 Å². The molecule has 0 radical (unpaired) electrons. The van der Waals surface area contributed by atoms with Gasteiger partial charge in [0.05, 0.1) is 11.4 Å². The lowest BCUT2D eigenvalue weighted by molar-refractivity contribution is 0.102. The number of fused-ring (bicyclic) bond motifs is 1. The zero-order chi connectivity index (χ0) is 22.8. The van der Waals surface area contributed by atoms with Crippen molar-refractivity contribution in [1.82, 2.24) is 5.32 Å². The van der Waals surface area contributed by atoms with Gasteiger partial charge in [0.25, 0.3) is 5.91 Å². The molecule has 0 unspecified atom stereocenters. The van der Waals surface area contributed by atoms with Gasteiger partial charge in [-0.1, -0.05) is 65.7 Å². The summed E-state index contributed by atoms with van der Waals surface area (Å²) in [4.78, 5) is 15.7. The Morgan fingerprint density at radius 3 is 2.52 bits per heavy atom. The maximum Gasteiger partial charge on any atom is 0.256 e. The summed E-state index contributed by atoms with van der Waals surface area (Å²) in [5, 5.41) is 9.75. The number of hydrogen-bond acceptors (Lipinski definition) is 3. The molecule has 0 spiro atoms. The van der Waals surface area contributed by atoms with Gasteiger partial charge in [0.2, 0.25) is 0 Å². The molecule has 1 heterocycles. The predicted octanol–water partition coefficient (Wildman–Crippen LogP) is 6.48. The van der Waals surface area contributed by atoms with E-state index in [1.54, 1.807) is 12.1 Å². The molecule has 1 aliphatic heterocycles. The lowest BCUT2D eigenvalue weighted by Crippen LogP contribution is -2.43. The van der Waals surface area contributed by atoms with Crippen LogP contribution >= 0.6 is 23.2 Å². The number of nitrogens with zero attached hydrogens (tertiary/aromatic N) is 1. The van der Waals surface area contributed by atoms with E-state index in [-0.39, 0.29) is 5.91 Å². The number of anilines is 2. The maximum absolute atomic E-state index is 13.4. The van der Waals surface area contributed by atoms with Crippen LogP contribution in [0.5, 0.6) is 0 Å². The number of halogens is 2. The second kappa shape index (κ2) is 9.44. The summed E-state index contributed by atoms with van der Waals surface area (Å²) in [5.74, 6) is -0.141. The van der Waals surface area contributed by atoms with E-state index in [4.69, 9.17) is 23.2 Å². The fraction of sp³-hybridized carbons (Fsp3) is 0.148. The third-order valence-electron chi connectivity index (χ3n) is 5.98. The number of amides is 1. The Bertz CT molecular complexity index is 1330. The number of nitrogens with one attached hydrogen (secondary N) is 2. The lowest BCUT2D eigenvalue weighted by atomic mass is 10.0. The second-order valence-corrected chi connectivity index (χ2v) is 8.92. The van der Waals surface area contributed by atoms with Crippen molar-refractivity contribution in [1.29, 1.82) is 0 Å². The van der Waals surface area contributed by atoms with Crippen molar-refractivity contribution in [3.8, 4) is 11.1 Å². The van der Waals surface area contributed by atoms with E-state index < -0.39 is 0 Å². The normalized spacial score (nSPS) is 13.8. The summed E-state index contributed by atoms with van der Waals surface area (Å²) in [6, 6.07) is 25.2. The monoisotopic (exact) mass is 475 g/mol. The first-order valence-electron chi connectivity index (χ1n) is 10.9. The summed E-state index contributed by atoms with van der Waals surface area (Å²) in [6.45, 7) is 3.54. The summed E-state index contributed by atoms with van der Waals surface area (Å²) < 4.78 is 0. The van der Waals surface area contributed by atoms with Gasteiger partial charge in [-0.3, -0.25) is 4.79 Å². The van der Waals surface area contributed by atoms with Crippen LogP contribution in [0.1, 0.15) is 10.4 Å². The van der Waals surface area contributed by atoms with Crippen molar-refractivity contribution in [3.63, 3.8) is 0 Å². The van der Waals surface area contributed by atoms with Gasteiger partial charge in [0.15, 0.2) is 0 Å². The molecule has 2 N–H and O–H groups in total. The largest absolute Gasteiger partial charge is 0.367 e. The van der Waals surface area contributed by atoms with Crippen LogP contribution in [0.2, 0.25) is 10.0 Å². The highest BCUT2D eigenvalue weighted by atomic mass is 35.5. The van der Waals surface area contributed by atoms with Crippen LogP contribution in [0, 0.1) is 0 Å². The standard InChI is InChI=1S/C27H23Cl2N3O/c28-20-9-10-24(29)23(17-20)19-8-11-26(32-14-12-30-13-15-32)25(16-19)31-27(33)22-7-3-5-18-4-1-2-6-21(18)22/h1-11,16-17,30H,12-15H2,(H,31,33). The first kappa shape index (κ1) is 21.8. The van der Waals surface area contributed by atoms with Gasteiger partial charge in [-0.2, -0.15) is 0 Å². The molecule has 0 saturated carbocycles. The van der Waals surface area contributed by atoms with E-state index in [0.717, 1.165) is 59.5 Å². The zero-order valence-electron chi connectivity index (χ0n) is 17.9. The molecule has 1 aliphatic rings. The number of carbonyl (C=O) groups excluding carboxylic acids is 1. The van der Waals surface area contributed by atoms with Crippen LogP contribution < -0.4 is 15.5 Å². The van der Waals surface area contributed by atoms with Gasteiger partial charge in [0, 0.05) is 47.4 Å². The Kier molecular flexibility index (Phi) is 6.23. The number of piperazine rings is 1. The third-order valence-corrected chi connectivity index (χ3v) is 6.54. The lowest BCUT2D eigenvalue weighted by Gasteiger charge is -2.31. The molecule has 4 aromatic rings. The van der Waals surface area contributed by atoms with Gasteiger partial charge >= 0.3 is 0 Å². The molecule has 4 nitrogen and oxygen atoms in total. The molecule has 6 heteroatoms. The van der Waals surface area contributed by atoms with Gasteiger partial charge in [-0.15, -0.1) is 0 Å². The molecule has 1 fully saturated rings. The molecule has 1 amide bonds. The van der Waals surface area contributed by atoms with Crippen molar-refractivity contribution in [3.05, 3.63) is 94.5 Å². The summed E-state index contributed by atoms with van der Waals surface area (Å²) in [7, 11) is 0. The number of carbonyl (C=O) groups is 1. The first-order chi connectivity index (χ1) is 16.1. The highest BCUT2D eigenvalue weighted by molar-refractivity contribution is 6.35.